The van der Waals surface area contributed by atoms with Gasteiger partial charge in [0.1, 0.15) is 6.42 Å². The average molecular weight is 398 g/mol. The normalized spacial score (nSPS) is 28.4. The Morgan fingerprint density at radius 1 is 1.21 bits per heavy atom. The fourth-order valence-electron chi connectivity index (χ4n) is 4.97. The van der Waals surface area contributed by atoms with Crippen LogP contribution in [0.5, 0.6) is 0 Å². The summed E-state index contributed by atoms with van der Waals surface area (Å²) in [7, 11) is 0. The van der Waals surface area contributed by atoms with Crippen molar-refractivity contribution in [2.75, 3.05) is 37.8 Å². The number of para-hydroxylation sites is 1. The van der Waals surface area contributed by atoms with E-state index in [4.69, 9.17) is 4.74 Å². The molecular formula is C20H25F3N2O3. The van der Waals surface area contributed by atoms with Crippen molar-refractivity contribution in [1.29, 1.82) is 0 Å². The molecule has 1 amide bonds. The van der Waals surface area contributed by atoms with Crippen molar-refractivity contribution in [3.63, 3.8) is 0 Å². The lowest BCUT2D eigenvalue weighted by Gasteiger charge is -2.60. The van der Waals surface area contributed by atoms with E-state index >= 15 is 0 Å². The average Bonchev–Trinajstić information content (AvgIpc) is 2.65. The molecule has 1 aromatic carbocycles. The quantitative estimate of drug-likeness (QED) is 0.847. The predicted molar refractivity (Wildman–Crippen MR) is 97.1 cm³/mol. The Balaban J connectivity index is 1.58. The molecule has 4 rings (SSSR count). The minimum Gasteiger partial charge on any atom is -0.395 e. The maximum atomic E-state index is 12.8. The Morgan fingerprint density at radius 3 is 2.61 bits per heavy atom. The van der Waals surface area contributed by atoms with Crippen LogP contribution in [0.15, 0.2) is 24.3 Å². The van der Waals surface area contributed by atoms with Crippen molar-refractivity contribution < 1.29 is 27.8 Å². The van der Waals surface area contributed by atoms with Gasteiger partial charge >= 0.3 is 6.18 Å². The molecule has 3 heterocycles. The van der Waals surface area contributed by atoms with E-state index in [9.17, 15) is 23.1 Å². The Hall–Kier alpha value is -1.64. The number of hydrogen-bond donors (Lipinski definition) is 1. The molecule has 0 saturated carbocycles. The SMILES string of the molecule is O=C(CC(F)(F)F)N1C[C@@H]2[C@@H](c3ccccc31)[C@H](CO)N2CC1CCOCC1. The van der Waals surface area contributed by atoms with Crippen LogP contribution in [-0.2, 0) is 9.53 Å². The van der Waals surface area contributed by atoms with E-state index < -0.39 is 18.5 Å². The molecule has 1 N–H and O–H groups in total. The largest absolute Gasteiger partial charge is 0.397 e. The monoisotopic (exact) mass is 398 g/mol. The van der Waals surface area contributed by atoms with Gasteiger partial charge in [-0.1, -0.05) is 18.2 Å². The minimum absolute atomic E-state index is 0.00474. The highest BCUT2D eigenvalue weighted by Crippen LogP contribution is 2.49. The van der Waals surface area contributed by atoms with E-state index in [0.717, 1.165) is 38.2 Å². The van der Waals surface area contributed by atoms with E-state index in [0.29, 0.717) is 11.6 Å². The van der Waals surface area contributed by atoms with Gasteiger partial charge in [-0.15, -0.1) is 0 Å². The van der Waals surface area contributed by atoms with Gasteiger partial charge < -0.3 is 14.7 Å². The number of fused-ring (bicyclic) bond motifs is 3. The molecule has 0 aromatic heterocycles. The van der Waals surface area contributed by atoms with Crippen molar-refractivity contribution in [3.8, 4) is 0 Å². The number of halogens is 3. The highest BCUT2D eigenvalue weighted by Gasteiger charge is 2.53. The maximum Gasteiger partial charge on any atom is 0.397 e. The Morgan fingerprint density at radius 2 is 1.93 bits per heavy atom. The first-order chi connectivity index (χ1) is 13.4. The van der Waals surface area contributed by atoms with E-state index in [1.807, 2.05) is 12.1 Å². The van der Waals surface area contributed by atoms with Gasteiger partial charge in [0.25, 0.3) is 0 Å². The molecule has 3 aliphatic heterocycles. The number of carbonyl (C=O) groups is 1. The molecule has 5 nitrogen and oxygen atoms in total. The molecule has 154 valence electrons. The second-order valence-electron chi connectivity index (χ2n) is 7.95. The predicted octanol–water partition coefficient (Wildman–Crippen LogP) is 2.54. The number of likely N-dealkylation sites (tertiary alicyclic amines) is 1. The summed E-state index contributed by atoms with van der Waals surface area (Å²) < 4.78 is 43.9. The molecule has 0 unspecified atom stereocenters. The zero-order chi connectivity index (χ0) is 19.9. The molecule has 2 fully saturated rings. The Kier molecular flexibility index (Phi) is 5.37. The van der Waals surface area contributed by atoms with Crippen LogP contribution >= 0.6 is 0 Å². The van der Waals surface area contributed by atoms with Gasteiger partial charge in [-0.25, -0.2) is 0 Å². The number of amides is 1. The van der Waals surface area contributed by atoms with E-state index in [1.165, 1.54) is 4.90 Å². The molecule has 0 radical (unpaired) electrons. The van der Waals surface area contributed by atoms with Gasteiger partial charge in [0, 0.05) is 50.0 Å². The van der Waals surface area contributed by atoms with Gasteiger partial charge in [0.2, 0.25) is 5.91 Å². The third kappa shape index (κ3) is 3.65. The molecule has 0 bridgehead atoms. The molecule has 1 aromatic rings. The number of benzene rings is 1. The van der Waals surface area contributed by atoms with Crippen LogP contribution in [0.25, 0.3) is 0 Å². The second-order valence-corrected chi connectivity index (χ2v) is 7.95. The highest BCUT2D eigenvalue weighted by atomic mass is 19.4. The summed E-state index contributed by atoms with van der Waals surface area (Å²) >= 11 is 0. The summed E-state index contributed by atoms with van der Waals surface area (Å²) in [6.07, 6.45) is -4.10. The summed E-state index contributed by atoms with van der Waals surface area (Å²) in [5.41, 5.74) is 1.40. The van der Waals surface area contributed by atoms with Crippen LogP contribution < -0.4 is 4.90 Å². The zero-order valence-corrected chi connectivity index (χ0v) is 15.6. The van der Waals surface area contributed by atoms with Gasteiger partial charge in [-0.2, -0.15) is 13.2 Å². The van der Waals surface area contributed by atoms with Gasteiger partial charge in [0.05, 0.1) is 6.61 Å². The number of alkyl halides is 3. The van der Waals surface area contributed by atoms with E-state index in [2.05, 4.69) is 4.90 Å². The van der Waals surface area contributed by atoms with Crippen LogP contribution in [0.1, 0.15) is 30.7 Å². The molecule has 0 spiro atoms. The number of hydrogen-bond acceptors (Lipinski definition) is 4. The molecule has 8 heteroatoms. The summed E-state index contributed by atoms with van der Waals surface area (Å²) in [5.74, 6) is -0.437. The van der Waals surface area contributed by atoms with Crippen molar-refractivity contribution in [3.05, 3.63) is 29.8 Å². The number of ether oxygens (including phenoxy) is 1. The lowest BCUT2D eigenvalue weighted by molar-refractivity contribution is -0.152. The standard InChI is InChI=1S/C20H25F3N2O3/c21-20(22,23)9-18(27)25-11-16-19(14-3-1-2-4-15(14)25)17(12-26)24(16)10-13-5-7-28-8-6-13/h1-4,13,16-17,19,26H,5-12H2/t16-,17+,19-/m1/s1. The van der Waals surface area contributed by atoms with Gasteiger partial charge in [-0.3, -0.25) is 9.69 Å². The number of anilines is 1. The minimum atomic E-state index is -4.53. The van der Waals surface area contributed by atoms with Crippen LogP contribution in [0, 0.1) is 5.92 Å². The number of carbonyl (C=O) groups excluding carboxylic acids is 1. The summed E-state index contributed by atoms with van der Waals surface area (Å²) in [6, 6.07) is 7.02. The number of rotatable bonds is 4. The van der Waals surface area contributed by atoms with Crippen LogP contribution in [-0.4, -0.2) is 67.1 Å². The third-order valence-electron chi connectivity index (χ3n) is 6.29. The van der Waals surface area contributed by atoms with Crippen molar-refractivity contribution in [1.82, 2.24) is 4.90 Å². The first-order valence-corrected chi connectivity index (χ1v) is 9.79. The fraction of sp³-hybridized carbons (Fsp3) is 0.650. The van der Waals surface area contributed by atoms with E-state index in [1.54, 1.807) is 12.1 Å². The highest BCUT2D eigenvalue weighted by molar-refractivity contribution is 5.95. The number of nitrogens with zero attached hydrogens (tertiary/aromatic N) is 2. The van der Waals surface area contributed by atoms with Gasteiger partial charge in [-0.05, 0) is 30.4 Å². The maximum absolute atomic E-state index is 12.8. The van der Waals surface area contributed by atoms with Crippen molar-refractivity contribution >= 4 is 11.6 Å². The Labute approximate surface area is 162 Å². The third-order valence-corrected chi connectivity index (χ3v) is 6.29. The number of aliphatic hydroxyl groups is 1. The fourth-order valence-corrected chi connectivity index (χ4v) is 4.97. The molecule has 2 saturated heterocycles. The summed E-state index contributed by atoms with van der Waals surface area (Å²) in [5, 5.41) is 9.98. The first-order valence-electron chi connectivity index (χ1n) is 9.79. The van der Waals surface area contributed by atoms with Crippen molar-refractivity contribution in [2.24, 2.45) is 5.92 Å². The number of aliphatic hydroxyl groups excluding tert-OH is 1. The lowest BCUT2D eigenvalue weighted by atomic mass is 9.71. The molecule has 0 aliphatic carbocycles. The lowest BCUT2D eigenvalue weighted by Crippen LogP contribution is -2.70. The zero-order valence-electron chi connectivity index (χ0n) is 15.6. The molecule has 28 heavy (non-hydrogen) atoms. The molecule has 3 atom stereocenters. The van der Waals surface area contributed by atoms with Gasteiger partial charge in [0.15, 0.2) is 0 Å². The van der Waals surface area contributed by atoms with Crippen molar-refractivity contribution in [2.45, 2.75) is 43.4 Å². The topological polar surface area (TPSA) is 53.0 Å². The second kappa shape index (κ2) is 7.65. The summed E-state index contributed by atoms with van der Waals surface area (Å²) in [4.78, 5) is 15.9. The van der Waals surface area contributed by atoms with Crippen LogP contribution in [0.2, 0.25) is 0 Å². The first kappa shape index (κ1) is 19.7. The summed E-state index contributed by atoms with van der Waals surface area (Å²) in [6.45, 7) is 2.44. The van der Waals surface area contributed by atoms with Crippen LogP contribution in [0.3, 0.4) is 0 Å². The smallest absolute Gasteiger partial charge is 0.395 e. The molecule has 3 aliphatic rings. The molecular weight excluding hydrogens is 373 g/mol. The Bertz CT molecular complexity index is 721. The van der Waals surface area contributed by atoms with E-state index in [-0.39, 0.29) is 31.2 Å². The van der Waals surface area contributed by atoms with Crippen LogP contribution in [0.4, 0.5) is 18.9 Å².